The molecule has 30 heavy (non-hydrogen) atoms. The minimum absolute atomic E-state index is 0.665. The molecule has 1 aliphatic heterocycles. The van der Waals surface area contributed by atoms with Crippen molar-refractivity contribution in [1.29, 1.82) is 0 Å². The van der Waals surface area contributed by atoms with Crippen molar-refractivity contribution in [2.75, 3.05) is 13.1 Å². The van der Waals surface area contributed by atoms with Crippen molar-refractivity contribution in [2.45, 2.75) is 92.9 Å². The molecule has 0 amide bonds. The molecule has 1 aliphatic rings. The second kappa shape index (κ2) is 12.4. The summed E-state index contributed by atoms with van der Waals surface area (Å²) in [6.45, 7) is 15.6. The van der Waals surface area contributed by atoms with E-state index in [4.69, 9.17) is 5.84 Å². The van der Waals surface area contributed by atoms with Gasteiger partial charge in [0.05, 0.1) is 11.4 Å². The highest BCUT2D eigenvalue weighted by Crippen LogP contribution is 2.37. The summed E-state index contributed by atoms with van der Waals surface area (Å²) in [5.41, 5.74) is 5.06. The summed E-state index contributed by atoms with van der Waals surface area (Å²) in [5.74, 6) is 8.05. The number of hydrazine groups is 3. The molecule has 1 heterocycles. The summed E-state index contributed by atoms with van der Waals surface area (Å²) >= 11 is 0. The van der Waals surface area contributed by atoms with Crippen LogP contribution in [0.1, 0.15) is 97.1 Å². The van der Waals surface area contributed by atoms with E-state index in [-0.39, 0.29) is 0 Å². The van der Waals surface area contributed by atoms with E-state index in [1.165, 1.54) is 68.2 Å². The van der Waals surface area contributed by atoms with Crippen molar-refractivity contribution in [2.24, 2.45) is 17.7 Å². The molecule has 0 fully saturated rings. The molecule has 2 unspecified atom stereocenters. The highest BCUT2D eigenvalue weighted by molar-refractivity contribution is 5.70. The van der Waals surface area contributed by atoms with Gasteiger partial charge in [-0.05, 0) is 44.1 Å². The molecule has 0 radical (unpaired) electrons. The fourth-order valence-corrected chi connectivity index (χ4v) is 4.55. The zero-order valence-corrected chi connectivity index (χ0v) is 20.5. The number of aryl methyl sites for hydroxylation is 1. The molecule has 0 aromatic heterocycles. The van der Waals surface area contributed by atoms with E-state index in [0.717, 1.165) is 18.8 Å². The lowest BCUT2D eigenvalue weighted by atomic mass is 9.97. The van der Waals surface area contributed by atoms with Crippen LogP contribution in [-0.2, 0) is 0 Å². The second-order valence-corrected chi connectivity index (χ2v) is 9.06. The summed E-state index contributed by atoms with van der Waals surface area (Å²) in [5, 5.41) is 6.77. The van der Waals surface area contributed by atoms with Gasteiger partial charge in [-0.25, -0.2) is 11.0 Å². The number of nitrogens with zero attached hydrogens (tertiary/aromatic N) is 3. The van der Waals surface area contributed by atoms with E-state index < -0.39 is 0 Å². The Bertz CT molecular complexity index is 669. The normalized spacial score (nSPS) is 17.2. The molecule has 2 rings (SSSR count). The Hall–Kier alpha value is -1.52. The molecule has 0 saturated heterocycles. The number of unbranched alkanes of at least 4 members (excludes halogenated alkanes) is 2. The van der Waals surface area contributed by atoms with Crippen LogP contribution in [-0.4, -0.2) is 28.3 Å². The Morgan fingerprint density at radius 2 is 1.40 bits per heavy atom. The van der Waals surface area contributed by atoms with E-state index in [2.05, 4.69) is 75.9 Å². The van der Waals surface area contributed by atoms with Crippen molar-refractivity contribution in [3.63, 3.8) is 0 Å². The van der Waals surface area contributed by atoms with E-state index in [0.29, 0.717) is 11.8 Å². The van der Waals surface area contributed by atoms with Crippen molar-refractivity contribution in [3.8, 4) is 0 Å². The first kappa shape index (κ1) is 24.7. The van der Waals surface area contributed by atoms with Gasteiger partial charge in [0.15, 0.2) is 0 Å². The van der Waals surface area contributed by atoms with Crippen LogP contribution in [0.5, 0.6) is 0 Å². The van der Waals surface area contributed by atoms with Crippen molar-refractivity contribution >= 4 is 5.70 Å². The second-order valence-electron chi connectivity index (χ2n) is 9.06. The predicted octanol–water partition coefficient (Wildman–Crippen LogP) is 6.74. The lowest BCUT2D eigenvalue weighted by molar-refractivity contribution is -0.128. The SMILES string of the molecule is CCCCC(CC)CN1C(c2ccccc2C)=C(C)N(N)N1CC(CC)CCCC. The zero-order valence-electron chi connectivity index (χ0n) is 20.5. The van der Waals surface area contributed by atoms with E-state index in [9.17, 15) is 0 Å². The average molecular weight is 415 g/mol. The number of rotatable bonds is 13. The van der Waals surface area contributed by atoms with Crippen LogP contribution in [0, 0.1) is 18.8 Å². The monoisotopic (exact) mass is 414 g/mol. The molecule has 1 aromatic carbocycles. The topological polar surface area (TPSA) is 35.7 Å². The number of benzene rings is 1. The first-order chi connectivity index (χ1) is 14.5. The van der Waals surface area contributed by atoms with E-state index in [1.54, 1.807) is 0 Å². The quantitative estimate of drug-likeness (QED) is 0.363. The molecule has 0 bridgehead atoms. The first-order valence-corrected chi connectivity index (χ1v) is 12.3. The maximum absolute atomic E-state index is 6.70. The lowest BCUT2D eigenvalue weighted by Gasteiger charge is -2.39. The standard InChI is InChI=1S/C26H46N4/c1-7-11-16-23(9-3)19-28-26(25-18-14-13-15-21(25)5)22(6)30(27)29(28)20-24(10-4)17-12-8-2/h13-15,18,23-24H,7-12,16-17,19-20,27H2,1-6H3. The molecule has 0 saturated carbocycles. The Labute approximate surface area is 186 Å². The van der Waals surface area contributed by atoms with Gasteiger partial charge in [-0.2, -0.15) is 0 Å². The Morgan fingerprint density at radius 1 is 0.833 bits per heavy atom. The fourth-order valence-electron chi connectivity index (χ4n) is 4.55. The van der Waals surface area contributed by atoms with Gasteiger partial charge in [0.2, 0.25) is 0 Å². The molecule has 4 nitrogen and oxygen atoms in total. The van der Waals surface area contributed by atoms with Crippen molar-refractivity contribution in [3.05, 3.63) is 41.1 Å². The maximum atomic E-state index is 6.70. The lowest BCUT2D eigenvalue weighted by Crippen LogP contribution is -2.52. The Kier molecular flexibility index (Phi) is 10.2. The predicted molar refractivity (Wildman–Crippen MR) is 130 cm³/mol. The molecular formula is C26H46N4. The molecule has 1 aromatic rings. The van der Waals surface area contributed by atoms with E-state index in [1.807, 2.05) is 5.12 Å². The van der Waals surface area contributed by atoms with Crippen molar-refractivity contribution in [1.82, 2.24) is 15.2 Å². The number of hydrogen-bond donors (Lipinski definition) is 1. The number of allylic oxidation sites excluding steroid dienone is 1. The molecule has 2 N–H and O–H groups in total. The van der Waals surface area contributed by atoms with Crippen molar-refractivity contribution < 1.29 is 0 Å². The minimum atomic E-state index is 0.665. The number of hydrogen-bond acceptors (Lipinski definition) is 4. The summed E-state index contributed by atoms with van der Waals surface area (Å²) in [6.07, 6.45) is 10.1. The Morgan fingerprint density at radius 3 is 1.93 bits per heavy atom. The third kappa shape index (κ3) is 6.01. The van der Waals surface area contributed by atoms with Crippen LogP contribution in [0.15, 0.2) is 30.0 Å². The van der Waals surface area contributed by atoms with Gasteiger partial charge in [-0.3, -0.25) is 5.01 Å². The molecule has 170 valence electrons. The summed E-state index contributed by atoms with van der Waals surface area (Å²) in [7, 11) is 0. The van der Waals surface area contributed by atoms with Crippen LogP contribution >= 0.6 is 0 Å². The fraction of sp³-hybridized carbons (Fsp3) is 0.692. The van der Waals surface area contributed by atoms with Gasteiger partial charge < -0.3 is 0 Å². The van der Waals surface area contributed by atoms with Crippen LogP contribution in [0.4, 0.5) is 0 Å². The van der Waals surface area contributed by atoms with Crippen LogP contribution in [0.25, 0.3) is 5.70 Å². The van der Waals surface area contributed by atoms with Gasteiger partial charge in [-0.15, -0.1) is 5.12 Å². The Balaban J connectivity index is 2.37. The molecular weight excluding hydrogens is 368 g/mol. The van der Waals surface area contributed by atoms with Crippen LogP contribution in [0.3, 0.4) is 0 Å². The maximum Gasteiger partial charge on any atom is 0.0835 e. The van der Waals surface area contributed by atoms with Gasteiger partial charge in [0.25, 0.3) is 0 Å². The summed E-state index contributed by atoms with van der Waals surface area (Å²) < 4.78 is 0. The van der Waals surface area contributed by atoms with Crippen LogP contribution < -0.4 is 5.84 Å². The smallest absolute Gasteiger partial charge is 0.0835 e. The molecule has 0 aliphatic carbocycles. The number of nitrogens with two attached hydrogens (primary N) is 1. The first-order valence-electron chi connectivity index (χ1n) is 12.3. The van der Waals surface area contributed by atoms with E-state index >= 15 is 0 Å². The zero-order chi connectivity index (χ0) is 22.1. The largest absolute Gasteiger partial charge is 0.284 e. The van der Waals surface area contributed by atoms with Gasteiger partial charge in [-0.1, -0.05) is 90.5 Å². The average Bonchev–Trinajstić information content (AvgIpc) is 2.98. The minimum Gasteiger partial charge on any atom is -0.284 e. The summed E-state index contributed by atoms with van der Waals surface area (Å²) in [4.78, 5) is 0. The highest BCUT2D eigenvalue weighted by Gasteiger charge is 2.36. The van der Waals surface area contributed by atoms with Gasteiger partial charge in [0, 0.05) is 18.7 Å². The van der Waals surface area contributed by atoms with Crippen LogP contribution in [0.2, 0.25) is 0 Å². The molecule has 0 spiro atoms. The third-order valence-electron chi connectivity index (χ3n) is 6.81. The van der Waals surface area contributed by atoms with Gasteiger partial charge in [0.1, 0.15) is 0 Å². The third-order valence-corrected chi connectivity index (χ3v) is 6.81. The highest BCUT2D eigenvalue weighted by atomic mass is 16.0. The van der Waals surface area contributed by atoms with Gasteiger partial charge >= 0.3 is 0 Å². The molecule has 4 heteroatoms. The molecule has 2 atom stereocenters. The summed E-state index contributed by atoms with van der Waals surface area (Å²) in [6, 6.07) is 8.73.